The maximum atomic E-state index is 12.1. The monoisotopic (exact) mass is 771 g/mol. The van der Waals surface area contributed by atoms with E-state index < -0.39 is 46.7 Å². The van der Waals surface area contributed by atoms with Crippen molar-refractivity contribution in [1.82, 2.24) is 0 Å². The maximum Gasteiger partial charge on any atom is 0.457 e. The van der Waals surface area contributed by atoms with Crippen LogP contribution in [0, 0.1) is 0 Å². The van der Waals surface area contributed by atoms with Gasteiger partial charge in [-0.25, -0.2) is 19.2 Å². The molecule has 5 rings (SSSR count). The van der Waals surface area contributed by atoms with Gasteiger partial charge in [0.2, 0.25) is 7.51 Å². The van der Waals surface area contributed by atoms with Crippen molar-refractivity contribution in [1.29, 1.82) is 0 Å². The Hall–Kier alpha value is -5.43. The van der Waals surface area contributed by atoms with Crippen molar-refractivity contribution in [2.75, 3.05) is 28.4 Å². The Morgan fingerprint density at radius 2 is 0.635 bits per heavy atom. The first kappa shape index (κ1) is 37.8. The molecular weight excluding hydrogens is 739 g/mol. The van der Waals surface area contributed by atoms with Crippen molar-refractivity contribution >= 4 is 46.7 Å². The summed E-state index contributed by atoms with van der Waals surface area (Å²) in [6.07, 6.45) is 0. The van der Waals surface area contributed by atoms with E-state index in [-0.39, 0.29) is 45.3 Å². The van der Waals surface area contributed by atoms with Crippen LogP contribution in [0.1, 0.15) is 41.4 Å². The summed E-state index contributed by atoms with van der Waals surface area (Å²) in [7, 11) is -7.06. The van der Waals surface area contributed by atoms with Crippen LogP contribution in [0.25, 0.3) is 0 Å². The summed E-state index contributed by atoms with van der Waals surface area (Å²) in [6, 6.07) is 23.3. The van der Waals surface area contributed by atoms with Crippen LogP contribution in [-0.2, 0) is 18.9 Å². The minimum absolute atomic E-state index is 0.129. The smallest absolute Gasteiger partial charge is 0.457 e. The predicted octanol–water partition coefficient (Wildman–Crippen LogP) is 7.22. The van der Waals surface area contributed by atoms with Gasteiger partial charge in [-0.1, -0.05) is 4.52 Å². The second-order valence-electron chi connectivity index (χ2n) is 10.4. The third-order valence-electron chi connectivity index (χ3n) is 6.74. The van der Waals surface area contributed by atoms with Gasteiger partial charge in [-0.05, 0) is 97.1 Å². The van der Waals surface area contributed by atoms with Crippen molar-refractivity contribution in [2.45, 2.75) is 0 Å². The van der Waals surface area contributed by atoms with E-state index in [0.29, 0.717) is 0 Å². The van der Waals surface area contributed by atoms with Gasteiger partial charge in [0.25, 0.3) is 0 Å². The Morgan fingerprint density at radius 3 is 0.865 bits per heavy atom. The molecule has 0 aromatic heterocycles. The first-order chi connectivity index (χ1) is 24.8. The molecule has 0 radical (unpaired) electrons. The van der Waals surface area contributed by atoms with Gasteiger partial charge in [-0.15, -0.1) is 9.03 Å². The third-order valence-corrected chi connectivity index (χ3v) is 14.4. The van der Waals surface area contributed by atoms with Crippen LogP contribution in [0.5, 0.6) is 23.0 Å². The standard InChI is InChI=1S/C32H32N5O12P3/c1-42-29(38)21-5-13-25(14-6-21)46-51(47-26-15-7-22(8-16-26)30(39)43-2)35-50(33,34)36-52(37-51,48-27-17-9-23(10-18-27)31(40)44-3)49-28-19-11-24(12-20-28)32(41)45-4/h5-20H,33-34H2,1-4H3. The Morgan fingerprint density at radius 1 is 0.404 bits per heavy atom. The molecule has 0 spiro atoms. The molecule has 4 N–H and O–H groups in total. The zero-order valence-electron chi connectivity index (χ0n) is 28.0. The van der Waals surface area contributed by atoms with E-state index >= 15 is 0 Å². The lowest BCUT2D eigenvalue weighted by Crippen LogP contribution is -2.13. The Balaban J connectivity index is 1.70. The van der Waals surface area contributed by atoms with E-state index in [4.69, 9.17) is 52.6 Å². The van der Waals surface area contributed by atoms with E-state index in [0.717, 1.165) is 0 Å². The summed E-state index contributed by atoms with van der Waals surface area (Å²) in [5, 5.41) is 0. The molecule has 52 heavy (non-hydrogen) atoms. The number of rotatable bonds is 12. The van der Waals surface area contributed by atoms with E-state index in [1.165, 1.54) is 126 Å². The molecule has 17 nitrogen and oxygen atoms in total. The molecule has 0 aliphatic carbocycles. The minimum Gasteiger partial charge on any atom is -0.465 e. The van der Waals surface area contributed by atoms with E-state index in [2.05, 4.69) is 9.03 Å². The van der Waals surface area contributed by atoms with Crippen molar-refractivity contribution in [3.63, 3.8) is 0 Å². The fraction of sp³-hybridized carbons (Fsp3) is 0.125. The molecule has 0 fully saturated rings. The minimum atomic E-state index is -4.13. The number of carbonyl (C=O) groups is 4. The largest absolute Gasteiger partial charge is 0.465 e. The van der Waals surface area contributed by atoms with Crippen LogP contribution in [0.3, 0.4) is 0 Å². The summed E-state index contributed by atoms with van der Waals surface area (Å²) >= 11 is 0. The highest BCUT2D eigenvalue weighted by Gasteiger charge is 2.43. The van der Waals surface area contributed by atoms with Crippen molar-refractivity contribution in [3.05, 3.63) is 119 Å². The highest BCUT2D eigenvalue weighted by molar-refractivity contribution is 7.80. The first-order valence-corrected chi connectivity index (χ1v) is 19.7. The molecular formula is C32H32N5O12P3. The molecule has 0 unspecified atom stereocenters. The number of hydrogen-bond donors (Lipinski definition) is 2. The maximum absolute atomic E-state index is 12.1. The van der Waals surface area contributed by atoms with Gasteiger partial charge >= 0.3 is 39.2 Å². The summed E-state index contributed by atoms with van der Waals surface area (Å²) in [4.78, 5) is 48.5. The third kappa shape index (κ3) is 9.07. The van der Waals surface area contributed by atoms with Crippen LogP contribution in [-0.4, -0.2) is 52.3 Å². The average Bonchev–Trinajstić information content (AvgIpc) is 3.13. The number of hydrogen-bond acceptors (Lipinski definition) is 17. The fourth-order valence-corrected chi connectivity index (χ4v) is 12.6. The van der Waals surface area contributed by atoms with Crippen LogP contribution >= 0.6 is 22.8 Å². The lowest BCUT2D eigenvalue weighted by molar-refractivity contribution is 0.0592. The van der Waals surface area contributed by atoms with E-state index in [1.807, 2.05) is 0 Å². The number of methoxy groups -OCH3 is 4. The molecule has 20 heteroatoms. The number of nitrogens with zero attached hydrogens (tertiary/aromatic N) is 3. The molecule has 0 saturated carbocycles. The Bertz CT molecular complexity index is 1900. The summed E-state index contributed by atoms with van der Waals surface area (Å²) in [5.41, 5.74) is 14.0. The highest BCUT2D eigenvalue weighted by atomic mass is 31.3. The molecule has 0 amide bonds. The zero-order chi connectivity index (χ0) is 37.5. The summed E-state index contributed by atoms with van der Waals surface area (Å²) in [6.45, 7) is 0. The zero-order valence-corrected chi connectivity index (χ0v) is 30.7. The molecule has 1 aliphatic rings. The van der Waals surface area contributed by atoms with Gasteiger partial charge < -0.3 is 37.0 Å². The molecule has 272 valence electrons. The molecule has 1 aliphatic heterocycles. The fourth-order valence-electron chi connectivity index (χ4n) is 4.37. The quantitative estimate of drug-likeness (QED) is 0.0823. The molecule has 4 aromatic rings. The second-order valence-corrected chi connectivity index (χ2v) is 16.6. The second kappa shape index (κ2) is 15.9. The molecule has 0 saturated heterocycles. The lowest BCUT2D eigenvalue weighted by atomic mass is 10.2. The van der Waals surface area contributed by atoms with Crippen molar-refractivity contribution in [2.24, 2.45) is 24.6 Å². The SMILES string of the molecule is COC(=O)c1ccc(OP2(Oc3ccc(C(=O)OC)cc3)=NP(N)(N)=NP(Oc3ccc(C(=O)OC)cc3)(Oc3ccc(C(=O)OC)cc3)=N2)cc1. The highest BCUT2D eigenvalue weighted by Crippen LogP contribution is 2.74. The Kier molecular flexibility index (Phi) is 11.5. The predicted molar refractivity (Wildman–Crippen MR) is 190 cm³/mol. The molecule has 4 aromatic carbocycles. The Labute approximate surface area is 297 Å². The van der Waals surface area contributed by atoms with E-state index in [9.17, 15) is 19.2 Å². The topological polar surface area (TPSA) is 231 Å². The van der Waals surface area contributed by atoms with Gasteiger partial charge in [0.15, 0.2) is 0 Å². The average molecular weight is 772 g/mol. The summed E-state index contributed by atoms with van der Waals surface area (Å²) < 4.78 is 58.5. The van der Waals surface area contributed by atoms with Gasteiger partial charge in [-0.3, -0.25) is 11.0 Å². The number of esters is 4. The summed E-state index contributed by atoms with van der Waals surface area (Å²) in [5.74, 6) is -1.81. The number of ether oxygens (including phenoxy) is 4. The number of nitrogens with two attached hydrogens (primary N) is 2. The lowest BCUT2D eigenvalue weighted by Gasteiger charge is -2.31. The van der Waals surface area contributed by atoms with Crippen LogP contribution in [0.15, 0.2) is 111 Å². The molecule has 0 bridgehead atoms. The van der Waals surface area contributed by atoms with Crippen LogP contribution < -0.4 is 29.1 Å². The molecule has 0 atom stereocenters. The van der Waals surface area contributed by atoms with Crippen molar-refractivity contribution in [3.8, 4) is 23.0 Å². The van der Waals surface area contributed by atoms with Gasteiger partial charge in [0.05, 0.1) is 50.7 Å². The first-order valence-electron chi connectivity index (χ1n) is 14.8. The van der Waals surface area contributed by atoms with Gasteiger partial charge in [-0.2, -0.15) is 0 Å². The van der Waals surface area contributed by atoms with Gasteiger partial charge in [0.1, 0.15) is 23.0 Å². The van der Waals surface area contributed by atoms with Crippen LogP contribution in [0.2, 0.25) is 0 Å². The van der Waals surface area contributed by atoms with Crippen molar-refractivity contribution < 1.29 is 56.2 Å². The number of benzene rings is 4. The van der Waals surface area contributed by atoms with Crippen LogP contribution in [0.4, 0.5) is 0 Å². The van der Waals surface area contributed by atoms with E-state index in [1.54, 1.807) is 0 Å². The number of carbonyl (C=O) groups excluding carboxylic acids is 4. The van der Waals surface area contributed by atoms with Gasteiger partial charge in [0, 0.05) is 0 Å². The molecule has 1 heterocycles. The normalized spacial score (nSPS) is 14.8.